The fourth-order valence-corrected chi connectivity index (χ4v) is 1.72. The van der Waals surface area contributed by atoms with Gasteiger partial charge in [0.1, 0.15) is 0 Å². The summed E-state index contributed by atoms with van der Waals surface area (Å²) >= 11 is 0. The van der Waals surface area contributed by atoms with Crippen LogP contribution in [0.15, 0.2) is 4.99 Å². The monoisotopic (exact) mass is 212 g/mol. The summed E-state index contributed by atoms with van der Waals surface area (Å²) in [5, 5.41) is 0. The lowest BCUT2D eigenvalue weighted by molar-refractivity contribution is 0.0604. The Morgan fingerprint density at radius 2 is 1.87 bits per heavy atom. The summed E-state index contributed by atoms with van der Waals surface area (Å²) < 4.78 is 5.34. The molecule has 88 valence electrons. The van der Waals surface area contributed by atoms with Crippen molar-refractivity contribution in [1.29, 1.82) is 0 Å². The Morgan fingerprint density at radius 1 is 1.33 bits per heavy atom. The van der Waals surface area contributed by atoms with Crippen molar-refractivity contribution in [2.24, 2.45) is 22.1 Å². The number of hydrogen-bond acceptors (Lipinski definition) is 2. The first-order valence-electron chi connectivity index (χ1n) is 5.83. The van der Waals surface area contributed by atoms with Gasteiger partial charge < -0.3 is 10.5 Å². The highest BCUT2D eigenvalue weighted by Crippen LogP contribution is 2.22. The van der Waals surface area contributed by atoms with Crippen LogP contribution in [-0.2, 0) is 4.74 Å². The van der Waals surface area contributed by atoms with Gasteiger partial charge in [-0.15, -0.1) is 0 Å². The van der Waals surface area contributed by atoms with Gasteiger partial charge in [-0.1, -0.05) is 20.8 Å². The highest BCUT2D eigenvalue weighted by Gasteiger charge is 2.22. The Labute approximate surface area is 93.1 Å². The lowest BCUT2D eigenvalue weighted by Crippen LogP contribution is -2.33. The summed E-state index contributed by atoms with van der Waals surface area (Å²) in [6.07, 6.45) is 2.23. The zero-order chi connectivity index (χ0) is 11.5. The van der Waals surface area contributed by atoms with Crippen molar-refractivity contribution in [3.05, 3.63) is 0 Å². The van der Waals surface area contributed by atoms with E-state index in [0.717, 1.165) is 31.9 Å². The average molecular weight is 212 g/mol. The molecule has 1 unspecified atom stereocenters. The van der Waals surface area contributed by atoms with E-state index < -0.39 is 0 Å². The van der Waals surface area contributed by atoms with Gasteiger partial charge in [0.2, 0.25) is 0 Å². The van der Waals surface area contributed by atoms with Gasteiger partial charge in [0.05, 0.1) is 11.9 Å². The van der Waals surface area contributed by atoms with Crippen LogP contribution in [0.4, 0.5) is 0 Å². The maximum Gasteiger partial charge on any atom is 0.0994 e. The number of nitrogens with zero attached hydrogens (tertiary/aromatic N) is 1. The van der Waals surface area contributed by atoms with Crippen molar-refractivity contribution < 1.29 is 4.74 Å². The number of rotatable bonds is 2. The quantitative estimate of drug-likeness (QED) is 0.563. The molecule has 1 heterocycles. The molecule has 0 spiro atoms. The van der Waals surface area contributed by atoms with Crippen LogP contribution in [0.1, 0.15) is 40.5 Å². The van der Waals surface area contributed by atoms with Gasteiger partial charge in [0.15, 0.2) is 0 Å². The Balaban J connectivity index is 2.56. The van der Waals surface area contributed by atoms with Crippen LogP contribution in [0.2, 0.25) is 0 Å². The van der Waals surface area contributed by atoms with Gasteiger partial charge in [-0.2, -0.15) is 0 Å². The molecule has 0 aliphatic carbocycles. The van der Waals surface area contributed by atoms with E-state index in [1.807, 2.05) is 0 Å². The smallest absolute Gasteiger partial charge is 0.0994 e. The second kappa shape index (κ2) is 4.97. The largest absolute Gasteiger partial charge is 0.387 e. The van der Waals surface area contributed by atoms with Gasteiger partial charge in [-0.25, -0.2) is 0 Å². The van der Waals surface area contributed by atoms with E-state index in [9.17, 15) is 0 Å². The standard InChI is InChI=1S/C12H24N2O/c1-9(10-5-7-15-8-6-10)14-11(13)12(2,3)4/h9-10H,5-8H2,1-4H3,(H2,13,14). The third-order valence-corrected chi connectivity index (χ3v) is 3.06. The molecule has 1 saturated heterocycles. The number of amidine groups is 1. The van der Waals surface area contributed by atoms with Gasteiger partial charge in [0.25, 0.3) is 0 Å². The molecule has 1 atom stereocenters. The molecule has 0 amide bonds. The predicted octanol–water partition coefficient (Wildman–Crippen LogP) is 2.20. The molecular formula is C12H24N2O. The predicted molar refractivity (Wildman–Crippen MR) is 64.1 cm³/mol. The molecular weight excluding hydrogens is 188 g/mol. The molecule has 1 fully saturated rings. The molecule has 1 aliphatic rings. The highest BCUT2D eigenvalue weighted by atomic mass is 16.5. The van der Waals surface area contributed by atoms with Crippen LogP contribution >= 0.6 is 0 Å². The summed E-state index contributed by atoms with van der Waals surface area (Å²) in [5.41, 5.74) is 5.96. The summed E-state index contributed by atoms with van der Waals surface area (Å²) in [5.74, 6) is 1.40. The lowest BCUT2D eigenvalue weighted by Gasteiger charge is -2.27. The Bertz CT molecular complexity index is 224. The summed E-state index contributed by atoms with van der Waals surface area (Å²) in [4.78, 5) is 4.61. The number of hydrogen-bond donors (Lipinski definition) is 1. The van der Waals surface area contributed by atoms with Crippen LogP contribution < -0.4 is 5.73 Å². The molecule has 1 aliphatic heterocycles. The average Bonchev–Trinajstić information content (AvgIpc) is 2.17. The molecule has 0 bridgehead atoms. The molecule has 1 rings (SSSR count). The molecule has 0 saturated carbocycles. The number of ether oxygens (including phenoxy) is 1. The zero-order valence-corrected chi connectivity index (χ0v) is 10.4. The maximum absolute atomic E-state index is 5.98. The first-order chi connectivity index (χ1) is 6.91. The van der Waals surface area contributed by atoms with E-state index >= 15 is 0 Å². The molecule has 0 aromatic rings. The molecule has 3 heteroatoms. The fourth-order valence-electron chi connectivity index (χ4n) is 1.72. The topological polar surface area (TPSA) is 47.6 Å². The van der Waals surface area contributed by atoms with Gasteiger partial charge in [0, 0.05) is 18.6 Å². The highest BCUT2D eigenvalue weighted by molar-refractivity contribution is 5.85. The van der Waals surface area contributed by atoms with E-state index in [2.05, 4.69) is 32.7 Å². The first kappa shape index (κ1) is 12.5. The molecule has 0 aromatic carbocycles. The fraction of sp³-hybridized carbons (Fsp3) is 0.917. The summed E-state index contributed by atoms with van der Waals surface area (Å²) in [6.45, 7) is 10.2. The minimum atomic E-state index is -0.0145. The first-order valence-corrected chi connectivity index (χ1v) is 5.83. The molecule has 2 N–H and O–H groups in total. The van der Waals surface area contributed by atoms with Crippen LogP contribution in [0.3, 0.4) is 0 Å². The maximum atomic E-state index is 5.98. The minimum Gasteiger partial charge on any atom is -0.387 e. The minimum absolute atomic E-state index is 0.0145. The normalized spacial score (nSPS) is 22.8. The zero-order valence-electron chi connectivity index (χ0n) is 10.4. The van der Waals surface area contributed by atoms with Gasteiger partial charge in [-0.3, -0.25) is 4.99 Å². The molecule has 15 heavy (non-hydrogen) atoms. The van der Waals surface area contributed by atoms with E-state index in [1.54, 1.807) is 0 Å². The third kappa shape index (κ3) is 3.82. The van der Waals surface area contributed by atoms with Crippen molar-refractivity contribution in [3.8, 4) is 0 Å². The Morgan fingerprint density at radius 3 is 2.33 bits per heavy atom. The Hall–Kier alpha value is -0.570. The van der Waals surface area contributed by atoms with Crippen molar-refractivity contribution in [2.75, 3.05) is 13.2 Å². The number of nitrogens with two attached hydrogens (primary N) is 1. The molecule has 0 radical (unpaired) electrons. The van der Waals surface area contributed by atoms with Crippen molar-refractivity contribution in [3.63, 3.8) is 0 Å². The van der Waals surface area contributed by atoms with E-state index in [1.165, 1.54) is 0 Å². The molecule has 0 aromatic heterocycles. The Kier molecular flexibility index (Phi) is 4.14. The van der Waals surface area contributed by atoms with Crippen LogP contribution in [0.5, 0.6) is 0 Å². The summed E-state index contributed by atoms with van der Waals surface area (Å²) in [6, 6.07) is 0.327. The van der Waals surface area contributed by atoms with E-state index in [0.29, 0.717) is 12.0 Å². The lowest BCUT2D eigenvalue weighted by atomic mass is 9.91. The van der Waals surface area contributed by atoms with Gasteiger partial charge in [-0.05, 0) is 25.7 Å². The third-order valence-electron chi connectivity index (χ3n) is 3.06. The summed E-state index contributed by atoms with van der Waals surface area (Å²) in [7, 11) is 0. The SMILES string of the molecule is CC(N=C(N)C(C)(C)C)C1CCOCC1. The van der Waals surface area contributed by atoms with Crippen molar-refractivity contribution >= 4 is 5.84 Å². The number of aliphatic imine (C=N–C) groups is 1. The van der Waals surface area contributed by atoms with Crippen LogP contribution in [0.25, 0.3) is 0 Å². The van der Waals surface area contributed by atoms with Crippen LogP contribution in [-0.4, -0.2) is 25.1 Å². The van der Waals surface area contributed by atoms with Crippen molar-refractivity contribution in [1.82, 2.24) is 0 Å². The second-order valence-corrected chi connectivity index (χ2v) is 5.45. The second-order valence-electron chi connectivity index (χ2n) is 5.45. The van der Waals surface area contributed by atoms with Crippen LogP contribution in [0, 0.1) is 11.3 Å². The van der Waals surface area contributed by atoms with Gasteiger partial charge >= 0.3 is 0 Å². The molecule has 3 nitrogen and oxygen atoms in total. The van der Waals surface area contributed by atoms with E-state index in [-0.39, 0.29) is 5.41 Å². The van der Waals surface area contributed by atoms with Crippen molar-refractivity contribution in [2.45, 2.75) is 46.6 Å². The van der Waals surface area contributed by atoms with E-state index in [4.69, 9.17) is 10.5 Å².